The van der Waals surface area contributed by atoms with Crippen molar-refractivity contribution in [1.29, 1.82) is 0 Å². The van der Waals surface area contributed by atoms with Gasteiger partial charge in [-0.15, -0.1) is 11.6 Å². The molecule has 1 aliphatic rings. The minimum Gasteiger partial charge on any atom is -0.365 e. The highest BCUT2D eigenvalue weighted by Gasteiger charge is 2.25. The van der Waals surface area contributed by atoms with Crippen molar-refractivity contribution in [3.05, 3.63) is 23.9 Å². The smallest absolute Gasteiger partial charge is 0.168 e. The molecule has 2 rings (SSSR count). The first kappa shape index (κ1) is 12.6. The summed E-state index contributed by atoms with van der Waals surface area (Å²) in [6, 6.07) is 0.974. The summed E-state index contributed by atoms with van der Waals surface area (Å²) < 4.78 is 26.2. The molecule has 2 atom stereocenters. The number of hydrogen-bond donors (Lipinski definition) is 1. The lowest BCUT2D eigenvalue weighted by atomic mass is 9.86. The van der Waals surface area contributed by atoms with E-state index in [0.29, 0.717) is 11.8 Å². The molecule has 94 valence electrons. The summed E-state index contributed by atoms with van der Waals surface area (Å²) in [5, 5.41) is 3.04. The SMILES string of the molecule is Fc1cnc(NC2CCCCC2CCl)c(F)c1. The third-order valence-corrected chi connectivity index (χ3v) is 3.63. The zero-order valence-corrected chi connectivity index (χ0v) is 10.2. The van der Waals surface area contributed by atoms with Gasteiger partial charge in [0.15, 0.2) is 11.6 Å². The number of nitrogens with one attached hydrogen (secondary N) is 1. The first-order valence-electron chi connectivity index (χ1n) is 5.84. The van der Waals surface area contributed by atoms with E-state index in [1.165, 1.54) is 0 Å². The number of aromatic nitrogens is 1. The average molecular weight is 261 g/mol. The number of alkyl halides is 1. The predicted molar refractivity (Wildman–Crippen MR) is 64.2 cm³/mol. The summed E-state index contributed by atoms with van der Waals surface area (Å²) in [7, 11) is 0. The normalized spacial score (nSPS) is 24.6. The van der Waals surface area contributed by atoms with Gasteiger partial charge < -0.3 is 5.32 Å². The van der Waals surface area contributed by atoms with Gasteiger partial charge in [0.1, 0.15) is 5.82 Å². The molecule has 17 heavy (non-hydrogen) atoms. The molecule has 1 saturated carbocycles. The fourth-order valence-electron chi connectivity index (χ4n) is 2.28. The standard InChI is InChI=1S/C12H15ClF2N2/c13-6-8-3-1-2-4-11(8)17-12-10(15)5-9(14)7-16-12/h5,7-8,11H,1-4,6H2,(H,16,17). The lowest BCUT2D eigenvalue weighted by Crippen LogP contribution is -2.33. The van der Waals surface area contributed by atoms with Crippen molar-refractivity contribution >= 4 is 17.4 Å². The third-order valence-electron chi connectivity index (χ3n) is 3.24. The van der Waals surface area contributed by atoms with Crippen molar-refractivity contribution in [2.75, 3.05) is 11.2 Å². The van der Waals surface area contributed by atoms with Crippen LogP contribution >= 0.6 is 11.6 Å². The minimum atomic E-state index is -0.661. The lowest BCUT2D eigenvalue weighted by Gasteiger charge is -2.31. The van der Waals surface area contributed by atoms with Gasteiger partial charge in [-0.3, -0.25) is 0 Å². The Morgan fingerprint density at radius 3 is 2.82 bits per heavy atom. The summed E-state index contributed by atoms with van der Waals surface area (Å²) in [4.78, 5) is 3.74. The zero-order chi connectivity index (χ0) is 12.3. The molecule has 0 amide bonds. The Labute approximate surface area is 104 Å². The van der Waals surface area contributed by atoms with Gasteiger partial charge in [0.25, 0.3) is 0 Å². The summed E-state index contributed by atoms with van der Waals surface area (Å²) in [5.41, 5.74) is 0. The highest BCUT2D eigenvalue weighted by molar-refractivity contribution is 6.18. The van der Waals surface area contributed by atoms with Gasteiger partial charge in [0.2, 0.25) is 0 Å². The Bertz CT molecular complexity index is 387. The van der Waals surface area contributed by atoms with Gasteiger partial charge in [0, 0.05) is 18.0 Å². The van der Waals surface area contributed by atoms with Crippen molar-refractivity contribution < 1.29 is 8.78 Å². The highest BCUT2D eigenvalue weighted by Crippen LogP contribution is 2.28. The molecular weight excluding hydrogens is 246 g/mol. The lowest BCUT2D eigenvalue weighted by molar-refractivity contribution is 0.351. The molecule has 0 bridgehead atoms. The topological polar surface area (TPSA) is 24.9 Å². The van der Waals surface area contributed by atoms with Gasteiger partial charge in [-0.2, -0.15) is 0 Å². The van der Waals surface area contributed by atoms with Gasteiger partial charge in [-0.25, -0.2) is 13.8 Å². The molecule has 2 unspecified atom stereocenters. The molecule has 1 aromatic heterocycles. The van der Waals surface area contributed by atoms with E-state index in [2.05, 4.69) is 10.3 Å². The molecule has 1 N–H and O–H groups in total. The van der Waals surface area contributed by atoms with E-state index in [1.54, 1.807) is 0 Å². The number of hydrogen-bond acceptors (Lipinski definition) is 2. The molecule has 0 radical (unpaired) electrons. The van der Waals surface area contributed by atoms with Gasteiger partial charge in [-0.1, -0.05) is 12.8 Å². The van der Waals surface area contributed by atoms with Crippen LogP contribution in [-0.2, 0) is 0 Å². The molecular formula is C12H15ClF2N2. The molecule has 0 spiro atoms. The second-order valence-electron chi connectivity index (χ2n) is 4.43. The first-order valence-corrected chi connectivity index (χ1v) is 6.37. The van der Waals surface area contributed by atoms with Crippen LogP contribution in [0.3, 0.4) is 0 Å². The van der Waals surface area contributed by atoms with Crippen LogP contribution in [0.1, 0.15) is 25.7 Å². The molecule has 1 aromatic rings. The Hall–Kier alpha value is -0.900. The van der Waals surface area contributed by atoms with E-state index < -0.39 is 11.6 Å². The average Bonchev–Trinajstić information content (AvgIpc) is 2.33. The van der Waals surface area contributed by atoms with Crippen LogP contribution in [0, 0.1) is 17.6 Å². The van der Waals surface area contributed by atoms with Crippen LogP contribution < -0.4 is 5.32 Å². The molecule has 1 fully saturated rings. The number of rotatable bonds is 3. The molecule has 1 heterocycles. The quantitative estimate of drug-likeness (QED) is 0.841. The van der Waals surface area contributed by atoms with Crippen LogP contribution in [-0.4, -0.2) is 16.9 Å². The van der Waals surface area contributed by atoms with Crippen molar-refractivity contribution in [3.8, 4) is 0 Å². The van der Waals surface area contributed by atoms with Gasteiger partial charge >= 0.3 is 0 Å². The molecule has 0 saturated heterocycles. The molecule has 2 nitrogen and oxygen atoms in total. The van der Waals surface area contributed by atoms with Gasteiger partial charge in [0.05, 0.1) is 6.20 Å². The maximum atomic E-state index is 13.4. The predicted octanol–water partition coefficient (Wildman–Crippen LogP) is 3.57. The molecule has 1 aliphatic carbocycles. The van der Waals surface area contributed by atoms with Crippen LogP contribution in [0.5, 0.6) is 0 Å². The Balaban J connectivity index is 2.08. The Kier molecular flexibility index (Phi) is 4.15. The fraction of sp³-hybridized carbons (Fsp3) is 0.583. The number of pyridine rings is 1. The van der Waals surface area contributed by atoms with Crippen molar-refractivity contribution in [1.82, 2.24) is 4.98 Å². The minimum absolute atomic E-state index is 0.119. The monoisotopic (exact) mass is 260 g/mol. The largest absolute Gasteiger partial charge is 0.365 e. The maximum Gasteiger partial charge on any atom is 0.168 e. The van der Waals surface area contributed by atoms with Crippen molar-refractivity contribution in [2.45, 2.75) is 31.7 Å². The second kappa shape index (κ2) is 5.63. The third kappa shape index (κ3) is 3.06. The van der Waals surface area contributed by atoms with E-state index in [0.717, 1.165) is 37.9 Å². The van der Waals surface area contributed by atoms with Crippen molar-refractivity contribution in [2.24, 2.45) is 5.92 Å². The Morgan fingerprint density at radius 2 is 2.12 bits per heavy atom. The van der Waals surface area contributed by atoms with E-state index >= 15 is 0 Å². The molecule has 5 heteroatoms. The Morgan fingerprint density at radius 1 is 1.35 bits per heavy atom. The summed E-state index contributed by atoms with van der Waals surface area (Å²) in [6.45, 7) is 0. The summed E-state index contributed by atoms with van der Waals surface area (Å²) in [6.07, 6.45) is 5.28. The number of halogens is 3. The zero-order valence-electron chi connectivity index (χ0n) is 9.43. The van der Waals surface area contributed by atoms with Crippen LogP contribution in [0.4, 0.5) is 14.6 Å². The second-order valence-corrected chi connectivity index (χ2v) is 4.74. The highest BCUT2D eigenvalue weighted by atomic mass is 35.5. The van der Waals surface area contributed by atoms with E-state index in [4.69, 9.17) is 11.6 Å². The van der Waals surface area contributed by atoms with Crippen molar-refractivity contribution in [3.63, 3.8) is 0 Å². The number of anilines is 1. The molecule has 0 aromatic carbocycles. The first-order chi connectivity index (χ1) is 8.20. The number of nitrogens with zero attached hydrogens (tertiary/aromatic N) is 1. The fourth-order valence-corrected chi connectivity index (χ4v) is 2.65. The summed E-state index contributed by atoms with van der Waals surface area (Å²) >= 11 is 5.89. The molecule has 0 aliphatic heterocycles. The van der Waals surface area contributed by atoms with Crippen LogP contribution in [0.15, 0.2) is 12.3 Å². The van der Waals surface area contributed by atoms with E-state index in [1.807, 2.05) is 0 Å². The van der Waals surface area contributed by atoms with E-state index in [-0.39, 0.29) is 11.9 Å². The summed E-state index contributed by atoms with van der Waals surface area (Å²) in [5.74, 6) is -0.305. The van der Waals surface area contributed by atoms with Crippen LogP contribution in [0.2, 0.25) is 0 Å². The van der Waals surface area contributed by atoms with Gasteiger partial charge in [-0.05, 0) is 18.8 Å². The van der Waals surface area contributed by atoms with E-state index in [9.17, 15) is 8.78 Å². The maximum absolute atomic E-state index is 13.4. The van der Waals surface area contributed by atoms with Crippen LogP contribution in [0.25, 0.3) is 0 Å².